The van der Waals surface area contributed by atoms with E-state index in [0.29, 0.717) is 10.0 Å². The standard InChI is InChI=1S/C16H15BrFNO/c17-13-7-6-12(15(18)9-13)8-14(20)10-16(19)11-4-2-1-3-5-11/h1-7,9,16H,8,10,19H2. The number of nitrogens with two attached hydrogens (primary N) is 1. The zero-order chi connectivity index (χ0) is 14.5. The summed E-state index contributed by atoms with van der Waals surface area (Å²) >= 11 is 3.19. The lowest BCUT2D eigenvalue weighted by molar-refractivity contribution is -0.118. The molecule has 2 aromatic carbocycles. The molecule has 20 heavy (non-hydrogen) atoms. The predicted molar refractivity (Wildman–Crippen MR) is 80.8 cm³/mol. The van der Waals surface area contributed by atoms with E-state index in [1.54, 1.807) is 12.1 Å². The van der Waals surface area contributed by atoms with Crippen LogP contribution in [0.15, 0.2) is 53.0 Å². The highest BCUT2D eigenvalue weighted by molar-refractivity contribution is 9.10. The van der Waals surface area contributed by atoms with Crippen molar-refractivity contribution in [1.29, 1.82) is 0 Å². The van der Waals surface area contributed by atoms with Crippen molar-refractivity contribution in [1.82, 2.24) is 0 Å². The number of ketones is 1. The molecule has 0 aliphatic carbocycles. The quantitative estimate of drug-likeness (QED) is 0.903. The van der Waals surface area contributed by atoms with Gasteiger partial charge in [-0.2, -0.15) is 0 Å². The Morgan fingerprint density at radius 3 is 2.55 bits per heavy atom. The normalized spacial score (nSPS) is 12.2. The SMILES string of the molecule is NC(CC(=O)Cc1ccc(Br)cc1F)c1ccccc1. The van der Waals surface area contributed by atoms with E-state index in [-0.39, 0.29) is 30.5 Å². The fourth-order valence-electron chi connectivity index (χ4n) is 2.01. The van der Waals surface area contributed by atoms with Crippen LogP contribution >= 0.6 is 15.9 Å². The molecule has 1 atom stereocenters. The molecule has 0 saturated carbocycles. The minimum absolute atomic E-state index is 0.0671. The van der Waals surface area contributed by atoms with E-state index < -0.39 is 0 Å². The van der Waals surface area contributed by atoms with Gasteiger partial charge >= 0.3 is 0 Å². The number of Topliss-reactive ketones (excluding diaryl/α,β-unsaturated/α-hetero) is 1. The first kappa shape index (κ1) is 14.9. The Bertz CT molecular complexity index is 601. The summed E-state index contributed by atoms with van der Waals surface area (Å²) < 4.78 is 14.3. The Kier molecular flexibility index (Phi) is 5.04. The fourth-order valence-corrected chi connectivity index (χ4v) is 2.35. The summed E-state index contributed by atoms with van der Waals surface area (Å²) in [6.07, 6.45) is 0.277. The summed E-state index contributed by atoms with van der Waals surface area (Å²) in [6.45, 7) is 0. The van der Waals surface area contributed by atoms with Crippen molar-refractivity contribution in [3.05, 3.63) is 69.9 Å². The van der Waals surface area contributed by atoms with Gasteiger partial charge in [0.05, 0.1) is 0 Å². The van der Waals surface area contributed by atoms with E-state index in [0.717, 1.165) is 5.56 Å². The lowest BCUT2D eigenvalue weighted by atomic mass is 9.99. The average molecular weight is 336 g/mol. The maximum absolute atomic E-state index is 13.7. The third-order valence-electron chi connectivity index (χ3n) is 3.08. The van der Waals surface area contributed by atoms with Crippen molar-refractivity contribution in [2.24, 2.45) is 5.73 Å². The number of benzene rings is 2. The van der Waals surface area contributed by atoms with Crippen LogP contribution in [0.2, 0.25) is 0 Å². The largest absolute Gasteiger partial charge is 0.324 e. The molecule has 0 bridgehead atoms. The Morgan fingerprint density at radius 2 is 1.90 bits per heavy atom. The summed E-state index contributed by atoms with van der Waals surface area (Å²) in [5, 5.41) is 0. The molecule has 0 aliphatic rings. The van der Waals surface area contributed by atoms with Crippen LogP contribution in [0.3, 0.4) is 0 Å². The topological polar surface area (TPSA) is 43.1 Å². The second kappa shape index (κ2) is 6.77. The first-order valence-electron chi connectivity index (χ1n) is 6.32. The Labute approximate surface area is 125 Å². The molecule has 2 aromatic rings. The average Bonchev–Trinajstić information content (AvgIpc) is 2.43. The number of hydrogen-bond donors (Lipinski definition) is 1. The maximum Gasteiger partial charge on any atom is 0.139 e. The van der Waals surface area contributed by atoms with E-state index in [1.807, 2.05) is 30.3 Å². The summed E-state index contributed by atoms with van der Waals surface area (Å²) in [5.74, 6) is -0.441. The number of halogens is 2. The van der Waals surface area contributed by atoms with Gasteiger partial charge in [-0.05, 0) is 23.3 Å². The van der Waals surface area contributed by atoms with Crippen LogP contribution in [0.4, 0.5) is 4.39 Å². The summed E-state index contributed by atoms with van der Waals surface area (Å²) in [7, 11) is 0. The van der Waals surface area contributed by atoms with Crippen LogP contribution in [-0.2, 0) is 11.2 Å². The fraction of sp³-hybridized carbons (Fsp3) is 0.188. The van der Waals surface area contributed by atoms with Gasteiger partial charge in [0.15, 0.2) is 0 Å². The molecule has 0 heterocycles. The van der Waals surface area contributed by atoms with Crippen molar-refractivity contribution in [3.63, 3.8) is 0 Å². The monoisotopic (exact) mass is 335 g/mol. The van der Waals surface area contributed by atoms with E-state index in [2.05, 4.69) is 15.9 Å². The molecule has 0 amide bonds. The molecule has 2 N–H and O–H groups in total. The van der Waals surface area contributed by atoms with Crippen LogP contribution in [0.5, 0.6) is 0 Å². The first-order chi connectivity index (χ1) is 9.56. The molecule has 1 unspecified atom stereocenters. The molecule has 0 radical (unpaired) electrons. The van der Waals surface area contributed by atoms with E-state index in [1.165, 1.54) is 6.07 Å². The van der Waals surface area contributed by atoms with Gasteiger partial charge in [-0.1, -0.05) is 52.3 Å². The minimum Gasteiger partial charge on any atom is -0.324 e. The molecular formula is C16H15BrFNO. The molecule has 0 fully saturated rings. The van der Waals surface area contributed by atoms with Crippen LogP contribution in [0.1, 0.15) is 23.6 Å². The second-order valence-corrected chi connectivity index (χ2v) is 5.59. The Balaban J connectivity index is 1.99. The maximum atomic E-state index is 13.7. The summed E-state index contributed by atoms with van der Waals surface area (Å²) in [4.78, 5) is 12.0. The van der Waals surface area contributed by atoms with Gasteiger partial charge in [0.25, 0.3) is 0 Å². The lowest BCUT2D eigenvalue weighted by Gasteiger charge is -2.11. The number of rotatable bonds is 5. The van der Waals surface area contributed by atoms with Crippen molar-refractivity contribution < 1.29 is 9.18 Å². The van der Waals surface area contributed by atoms with Crippen LogP contribution in [0, 0.1) is 5.82 Å². The van der Waals surface area contributed by atoms with Gasteiger partial charge in [0.1, 0.15) is 11.6 Å². The smallest absolute Gasteiger partial charge is 0.139 e. The minimum atomic E-state index is -0.374. The van der Waals surface area contributed by atoms with Gasteiger partial charge in [-0.15, -0.1) is 0 Å². The van der Waals surface area contributed by atoms with Gasteiger partial charge < -0.3 is 5.73 Å². The van der Waals surface area contributed by atoms with Crippen molar-refractivity contribution in [3.8, 4) is 0 Å². The van der Waals surface area contributed by atoms with E-state index >= 15 is 0 Å². The molecule has 0 aliphatic heterocycles. The molecular weight excluding hydrogens is 321 g/mol. The molecule has 2 rings (SSSR count). The summed E-state index contributed by atoms with van der Waals surface area (Å²) in [5.41, 5.74) is 7.31. The summed E-state index contributed by atoms with van der Waals surface area (Å²) in [6, 6.07) is 13.8. The second-order valence-electron chi connectivity index (χ2n) is 4.67. The zero-order valence-electron chi connectivity index (χ0n) is 10.9. The predicted octanol–water partition coefficient (Wildman–Crippen LogP) is 3.79. The van der Waals surface area contributed by atoms with Crippen LogP contribution in [0.25, 0.3) is 0 Å². The molecule has 4 heteroatoms. The third kappa shape index (κ3) is 3.99. The van der Waals surface area contributed by atoms with E-state index in [9.17, 15) is 9.18 Å². The number of carbonyl (C=O) groups is 1. The molecule has 0 saturated heterocycles. The molecule has 2 nitrogen and oxygen atoms in total. The Hall–Kier alpha value is -1.52. The number of hydrogen-bond acceptors (Lipinski definition) is 2. The lowest BCUT2D eigenvalue weighted by Crippen LogP contribution is -2.17. The molecule has 104 valence electrons. The highest BCUT2D eigenvalue weighted by atomic mass is 79.9. The third-order valence-corrected chi connectivity index (χ3v) is 3.57. The van der Waals surface area contributed by atoms with Gasteiger partial charge in [-0.25, -0.2) is 4.39 Å². The van der Waals surface area contributed by atoms with Crippen molar-refractivity contribution >= 4 is 21.7 Å². The van der Waals surface area contributed by atoms with Crippen LogP contribution in [-0.4, -0.2) is 5.78 Å². The van der Waals surface area contributed by atoms with Crippen LogP contribution < -0.4 is 5.73 Å². The van der Waals surface area contributed by atoms with Gasteiger partial charge in [0, 0.05) is 23.4 Å². The highest BCUT2D eigenvalue weighted by Gasteiger charge is 2.14. The van der Waals surface area contributed by atoms with E-state index in [4.69, 9.17) is 5.73 Å². The number of carbonyl (C=O) groups excluding carboxylic acids is 1. The van der Waals surface area contributed by atoms with Crippen molar-refractivity contribution in [2.75, 3.05) is 0 Å². The zero-order valence-corrected chi connectivity index (χ0v) is 12.4. The molecule has 0 aromatic heterocycles. The first-order valence-corrected chi connectivity index (χ1v) is 7.11. The van der Waals surface area contributed by atoms with Gasteiger partial charge in [-0.3, -0.25) is 4.79 Å². The van der Waals surface area contributed by atoms with Gasteiger partial charge in [0.2, 0.25) is 0 Å². The Morgan fingerprint density at radius 1 is 1.20 bits per heavy atom. The molecule has 0 spiro atoms. The van der Waals surface area contributed by atoms with Crippen molar-refractivity contribution in [2.45, 2.75) is 18.9 Å². The highest BCUT2D eigenvalue weighted by Crippen LogP contribution is 2.18.